The zero-order chi connectivity index (χ0) is 19.4. The van der Waals surface area contributed by atoms with E-state index in [1.54, 1.807) is 12.1 Å². The molecule has 5 heteroatoms. The summed E-state index contributed by atoms with van der Waals surface area (Å²) in [5.74, 6) is 2.74. The molecule has 29 heavy (non-hydrogen) atoms. The number of aromatic hydroxyl groups is 1. The summed E-state index contributed by atoms with van der Waals surface area (Å²) < 4.78 is 17.8. The van der Waals surface area contributed by atoms with Crippen LogP contribution in [-0.2, 0) is 12.0 Å². The lowest BCUT2D eigenvalue weighted by molar-refractivity contribution is 0.171. The summed E-state index contributed by atoms with van der Waals surface area (Å²) in [6.07, 6.45) is 0. The van der Waals surface area contributed by atoms with Crippen LogP contribution in [0.25, 0.3) is 0 Å². The molecule has 6 rings (SSSR count). The van der Waals surface area contributed by atoms with E-state index in [0.717, 1.165) is 35.9 Å². The molecule has 0 aliphatic carbocycles. The third-order valence-corrected chi connectivity index (χ3v) is 6.16. The number of anilines is 1. The van der Waals surface area contributed by atoms with Crippen LogP contribution in [0.15, 0.2) is 60.7 Å². The van der Waals surface area contributed by atoms with Gasteiger partial charge in [0.05, 0.1) is 5.41 Å². The van der Waals surface area contributed by atoms with E-state index in [1.165, 1.54) is 16.8 Å². The number of fused-ring (bicyclic) bond motifs is 5. The number of ether oxygens (including phenoxy) is 3. The van der Waals surface area contributed by atoms with Crippen LogP contribution in [0.2, 0.25) is 0 Å². The van der Waals surface area contributed by atoms with Crippen molar-refractivity contribution in [3.63, 3.8) is 0 Å². The maximum Gasteiger partial charge on any atom is 0.165 e. The molecule has 5 nitrogen and oxygen atoms in total. The molecule has 0 saturated carbocycles. The second-order valence-corrected chi connectivity index (χ2v) is 7.90. The average molecular weight is 387 g/mol. The topological polar surface area (TPSA) is 51.2 Å². The minimum Gasteiger partial charge on any atom is -0.508 e. The highest BCUT2D eigenvalue weighted by molar-refractivity contribution is 5.70. The summed E-state index contributed by atoms with van der Waals surface area (Å²) in [6.45, 7) is 3.36. The highest BCUT2D eigenvalue weighted by atomic mass is 16.6. The molecule has 3 aliphatic heterocycles. The number of benzene rings is 3. The van der Waals surface area contributed by atoms with Crippen molar-refractivity contribution in [1.29, 1.82) is 0 Å². The molecule has 0 amide bonds. The van der Waals surface area contributed by atoms with Crippen molar-refractivity contribution in [2.45, 2.75) is 12.0 Å². The van der Waals surface area contributed by atoms with Crippen molar-refractivity contribution in [3.8, 4) is 23.0 Å². The van der Waals surface area contributed by atoms with Gasteiger partial charge >= 0.3 is 0 Å². The number of rotatable bonds is 2. The number of hydrogen-bond acceptors (Lipinski definition) is 5. The van der Waals surface area contributed by atoms with Crippen molar-refractivity contribution in [2.75, 3.05) is 31.3 Å². The predicted octanol–water partition coefficient (Wildman–Crippen LogP) is 3.86. The molecule has 0 fully saturated rings. The zero-order valence-electron chi connectivity index (χ0n) is 15.9. The summed E-state index contributed by atoms with van der Waals surface area (Å²) in [5.41, 5.74) is 4.62. The lowest BCUT2D eigenvalue weighted by Crippen LogP contribution is -2.36. The molecule has 3 aromatic rings. The molecule has 0 bridgehead atoms. The van der Waals surface area contributed by atoms with Crippen LogP contribution in [0.5, 0.6) is 23.0 Å². The van der Waals surface area contributed by atoms with Gasteiger partial charge in [-0.05, 0) is 35.4 Å². The zero-order valence-corrected chi connectivity index (χ0v) is 15.9. The Hall–Kier alpha value is -3.34. The van der Waals surface area contributed by atoms with Gasteiger partial charge in [-0.1, -0.05) is 30.3 Å². The Bertz CT molecular complexity index is 1090. The SMILES string of the molecule is Oc1ccc(CN2CC3(COc4cc5c(cc43)OCCO5)c3ccccc32)cc1. The molecule has 146 valence electrons. The lowest BCUT2D eigenvalue weighted by atomic mass is 9.77. The maximum atomic E-state index is 9.60. The predicted molar refractivity (Wildman–Crippen MR) is 109 cm³/mol. The van der Waals surface area contributed by atoms with E-state index in [2.05, 4.69) is 35.2 Å². The molecule has 1 atom stereocenters. The van der Waals surface area contributed by atoms with Crippen LogP contribution < -0.4 is 19.1 Å². The smallest absolute Gasteiger partial charge is 0.165 e. The van der Waals surface area contributed by atoms with E-state index in [4.69, 9.17) is 14.2 Å². The molecule has 3 aromatic carbocycles. The van der Waals surface area contributed by atoms with Gasteiger partial charge in [0.1, 0.15) is 31.3 Å². The number of nitrogens with zero attached hydrogens (tertiary/aromatic N) is 1. The molecule has 3 aliphatic rings. The third-order valence-electron chi connectivity index (χ3n) is 6.16. The fourth-order valence-electron chi connectivity index (χ4n) is 4.81. The standard InChI is InChI=1S/C24H21NO4/c26-17-7-5-16(6-8-17)13-25-14-24(18-3-1-2-4-20(18)25)15-29-21-12-23-22(11-19(21)24)27-9-10-28-23/h1-8,11-12,26H,9-10,13-15H2. The highest BCUT2D eigenvalue weighted by Crippen LogP contribution is 2.54. The van der Waals surface area contributed by atoms with E-state index in [1.807, 2.05) is 18.2 Å². The van der Waals surface area contributed by atoms with Crippen LogP contribution in [-0.4, -0.2) is 31.5 Å². The first kappa shape index (κ1) is 16.6. The van der Waals surface area contributed by atoms with Crippen molar-refractivity contribution >= 4 is 5.69 Å². The Morgan fingerprint density at radius 2 is 1.59 bits per heavy atom. The van der Waals surface area contributed by atoms with Crippen molar-refractivity contribution in [3.05, 3.63) is 77.4 Å². The van der Waals surface area contributed by atoms with Gasteiger partial charge < -0.3 is 24.2 Å². The highest BCUT2D eigenvalue weighted by Gasteiger charge is 2.50. The normalized spacial score (nSPS) is 21.0. The quantitative estimate of drug-likeness (QED) is 0.724. The summed E-state index contributed by atoms with van der Waals surface area (Å²) in [4.78, 5) is 2.40. The molecule has 1 N–H and O–H groups in total. The fraction of sp³-hybridized carbons (Fsp3) is 0.250. The van der Waals surface area contributed by atoms with Gasteiger partial charge in [0.25, 0.3) is 0 Å². The summed E-state index contributed by atoms with van der Waals surface area (Å²) >= 11 is 0. The van der Waals surface area contributed by atoms with Gasteiger partial charge in [0.15, 0.2) is 11.5 Å². The van der Waals surface area contributed by atoms with E-state index in [0.29, 0.717) is 19.8 Å². The number of phenolic OH excluding ortho intramolecular Hbond substituents is 1. The van der Waals surface area contributed by atoms with Gasteiger partial charge in [0.2, 0.25) is 0 Å². The Labute approximate surface area is 169 Å². The second kappa shape index (κ2) is 6.08. The van der Waals surface area contributed by atoms with Gasteiger partial charge in [-0.15, -0.1) is 0 Å². The van der Waals surface area contributed by atoms with Gasteiger partial charge in [-0.2, -0.15) is 0 Å². The van der Waals surface area contributed by atoms with E-state index in [9.17, 15) is 5.11 Å². The summed E-state index contributed by atoms with van der Waals surface area (Å²) in [5, 5.41) is 9.60. The Morgan fingerprint density at radius 1 is 0.828 bits per heavy atom. The molecular formula is C24H21NO4. The molecule has 0 radical (unpaired) electrons. The van der Waals surface area contributed by atoms with Gasteiger partial charge in [-0.3, -0.25) is 0 Å². The molecule has 0 aromatic heterocycles. The van der Waals surface area contributed by atoms with Crippen LogP contribution in [0.4, 0.5) is 5.69 Å². The first-order valence-corrected chi connectivity index (χ1v) is 9.92. The largest absolute Gasteiger partial charge is 0.508 e. The Kier molecular flexibility index (Phi) is 3.48. The second-order valence-electron chi connectivity index (χ2n) is 7.90. The maximum absolute atomic E-state index is 9.60. The summed E-state index contributed by atoms with van der Waals surface area (Å²) in [6, 6.07) is 20.1. The third kappa shape index (κ3) is 2.47. The molecule has 1 spiro atoms. The number of hydrogen-bond donors (Lipinski definition) is 1. The van der Waals surface area contributed by atoms with Crippen LogP contribution in [0.1, 0.15) is 16.7 Å². The van der Waals surface area contributed by atoms with Crippen LogP contribution in [0.3, 0.4) is 0 Å². The lowest BCUT2D eigenvalue weighted by Gasteiger charge is -2.26. The van der Waals surface area contributed by atoms with Crippen LogP contribution >= 0.6 is 0 Å². The Balaban J connectivity index is 1.43. The van der Waals surface area contributed by atoms with Crippen LogP contribution in [0, 0.1) is 0 Å². The molecule has 1 unspecified atom stereocenters. The number of phenols is 1. The van der Waals surface area contributed by atoms with Gasteiger partial charge in [0, 0.05) is 30.4 Å². The first-order chi connectivity index (χ1) is 14.2. The fourth-order valence-corrected chi connectivity index (χ4v) is 4.81. The summed E-state index contributed by atoms with van der Waals surface area (Å²) in [7, 11) is 0. The molecule has 3 heterocycles. The minimum atomic E-state index is -0.224. The minimum absolute atomic E-state index is 0.224. The monoisotopic (exact) mass is 387 g/mol. The average Bonchev–Trinajstić information content (AvgIpc) is 3.27. The first-order valence-electron chi connectivity index (χ1n) is 9.92. The Morgan fingerprint density at radius 3 is 2.41 bits per heavy atom. The van der Waals surface area contributed by atoms with Crippen molar-refractivity contribution < 1.29 is 19.3 Å². The van der Waals surface area contributed by atoms with Crippen molar-refractivity contribution in [2.24, 2.45) is 0 Å². The van der Waals surface area contributed by atoms with Crippen molar-refractivity contribution in [1.82, 2.24) is 0 Å². The van der Waals surface area contributed by atoms with E-state index < -0.39 is 0 Å². The van der Waals surface area contributed by atoms with Gasteiger partial charge in [-0.25, -0.2) is 0 Å². The van der Waals surface area contributed by atoms with E-state index >= 15 is 0 Å². The van der Waals surface area contributed by atoms with E-state index in [-0.39, 0.29) is 11.2 Å². The number of para-hydroxylation sites is 1. The molecule has 0 saturated heterocycles. The molecular weight excluding hydrogens is 366 g/mol.